The van der Waals surface area contributed by atoms with Crippen LogP contribution >= 0.6 is 24.0 Å². The molecule has 0 aromatic heterocycles. The highest BCUT2D eigenvalue weighted by Crippen LogP contribution is 1.98. The number of ether oxygens (including phenoxy) is 1. The molecule has 1 aromatic carbocycles. The van der Waals surface area contributed by atoms with Gasteiger partial charge in [0.15, 0.2) is 5.96 Å². The quantitative estimate of drug-likeness (QED) is 0.288. The lowest BCUT2D eigenvalue weighted by Crippen LogP contribution is -2.41. The number of guanidine groups is 1. The molecule has 0 spiro atoms. The van der Waals surface area contributed by atoms with Crippen molar-refractivity contribution in [3.8, 4) is 0 Å². The standard InChI is InChI=1S/C14H24N4O3S.HI/c1-12(11-21-2)18-14(15)16-8-9-22(19,20)17-10-13-6-4-3-5-7-13;/h3-7,12,17H,8-11H2,1-2H3,(H3,15,16,18);1H. The summed E-state index contributed by atoms with van der Waals surface area (Å²) in [5.41, 5.74) is 6.57. The third-order valence-electron chi connectivity index (χ3n) is 2.79. The van der Waals surface area contributed by atoms with Crippen LogP contribution in [0.5, 0.6) is 0 Å². The van der Waals surface area contributed by atoms with E-state index in [4.69, 9.17) is 10.5 Å². The number of nitrogens with two attached hydrogens (primary N) is 1. The predicted molar refractivity (Wildman–Crippen MR) is 103 cm³/mol. The third-order valence-corrected chi connectivity index (χ3v) is 4.10. The van der Waals surface area contributed by atoms with Crippen LogP contribution in [0.1, 0.15) is 12.5 Å². The molecule has 0 saturated heterocycles. The molecule has 1 atom stereocenters. The number of halogens is 1. The van der Waals surface area contributed by atoms with Gasteiger partial charge in [0, 0.05) is 19.7 Å². The van der Waals surface area contributed by atoms with Crippen LogP contribution in [0.2, 0.25) is 0 Å². The second-order valence-corrected chi connectivity index (χ2v) is 6.82. The normalized spacial score (nSPS) is 13.2. The number of hydrogen-bond donors (Lipinski definition) is 3. The molecule has 0 aliphatic rings. The third kappa shape index (κ3) is 10.5. The Kier molecular flexibility index (Phi) is 11.1. The smallest absolute Gasteiger partial charge is 0.213 e. The Morgan fingerprint density at radius 1 is 1.35 bits per heavy atom. The zero-order chi connectivity index (χ0) is 16.4. The first-order valence-electron chi connectivity index (χ1n) is 6.99. The fourth-order valence-electron chi connectivity index (χ4n) is 1.74. The molecular formula is C14H25IN4O3S. The summed E-state index contributed by atoms with van der Waals surface area (Å²) in [4.78, 5) is 4.00. The van der Waals surface area contributed by atoms with Gasteiger partial charge in [-0.1, -0.05) is 30.3 Å². The zero-order valence-electron chi connectivity index (χ0n) is 13.4. The first-order chi connectivity index (χ1) is 10.4. The average Bonchev–Trinajstić information content (AvgIpc) is 2.46. The van der Waals surface area contributed by atoms with Crippen molar-refractivity contribution < 1.29 is 13.2 Å². The molecule has 4 N–H and O–H groups in total. The Hall–Kier alpha value is -0.910. The van der Waals surface area contributed by atoms with E-state index in [0.717, 1.165) is 5.56 Å². The summed E-state index contributed by atoms with van der Waals surface area (Å²) in [5.74, 6) is 0.101. The number of nitrogens with one attached hydrogen (secondary N) is 2. The minimum Gasteiger partial charge on any atom is -0.383 e. The maximum atomic E-state index is 11.8. The van der Waals surface area contributed by atoms with Crippen LogP contribution in [0, 0.1) is 0 Å². The molecule has 0 bridgehead atoms. The van der Waals surface area contributed by atoms with Gasteiger partial charge in [0.2, 0.25) is 10.0 Å². The molecule has 0 saturated carbocycles. The number of aliphatic imine (C=N–C) groups is 1. The van der Waals surface area contributed by atoms with Gasteiger partial charge in [0.25, 0.3) is 0 Å². The van der Waals surface area contributed by atoms with Crippen molar-refractivity contribution >= 4 is 40.0 Å². The molecule has 0 aliphatic heterocycles. The summed E-state index contributed by atoms with van der Waals surface area (Å²) in [6.07, 6.45) is 0. The zero-order valence-corrected chi connectivity index (χ0v) is 16.5. The van der Waals surface area contributed by atoms with E-state index in [1.54, 1.807) is 7.11 Å². The van der Waals surface area contributed by atoms with Crippen molar-refractivity contribution in [2.45, 2.75) is 19.5 Å². The SMILES string of the molecule is COCC(C)NC(N)=NCCS(=O)(=O)NCc1ccccc1.I. The van der Waals surface area contributed by atoms with E-state index >= 15 is 0 Å². The van der Waals surface area contributed by atoms with Gasteiger partial charge in [-0.3, -0.25) is 4.99 Å². The second-order valence-electron chi connectivity index (χ2n) is 4.89. The Labute approximate surface area is 155 Å². The van der Waals surface area contributed by atoms with E-state index in [-0.39, 0.29) is 54.8 Å². The van der Waals surface area contributed by atoms with Crippen LogP contribution in [-0.2, 0) is 21.3 Å². The van der Waals surface area contributed by atoms with Crippen molar-refractivity contribution in [2.75, 3.05) is 26.0 Å². The lowest BCUT2D eigenvalue weighted by atomic mass is 10.2. The Balaban J connectivity index is 0.00000484. The molecule has 23 heavy (non-hydrogen) atoms. The topological polar surface area (TPSA) is 106 Å². The Bertz CT molecular complexity index is 567. The first-order valence-corrected chi connectivity index (χ1v) is 8.65. The number of nitrogens with zero attached hydrogens (tertiary/aromatic N) is 1. The van der Waals surface area contributed by atoms with Gasteiger partial charge in [0.05, 0.1) is 18.9 Å². The summed E-state index contributed by atoms with van der Waals surface area (Å²) in [5, 5.41) is 2.91. The molecule has 0 radical (unpaired) electrons. The Morgan fingerprint density at radius 2 is 2.00 bits per heavy atom. The van der Waals surface area contributed by atoms with Crippen LogP contribution in [0.3, 0.4) is 0 Å². The van der Waals surface area contributed by atoms with E-state index in [0.29, 0.717) is 6.61 Å². The minimum atomic E-state index is -3.38. The van der Waals surface area contributed by atoms with Gasteiger partial charge in [0.1, 0.15) is 0 Å². The fraction of sp³-hybridized carbons (Fsp3) is 0.500. The summed E-state index contributed by atoms with van der Waals surface area (Å²) in [6.45, 7) is 2.76. The number of sulfonamides is 1. The van der Waals surface area contributed by atoms with Gasteiger partial charge in [-0.25, -0.2) is 13.1 Å². The maximum absolute atomic E-state index is 11.8. The highest BCUT2D eigenvalue weighted by atomic mass is 127. The molecule has 0 amide bonds. The summed E-state index contributed by atoms with van der Waals surface area (Å²) in [6, 6.07) is 9.34. The lowest BCUT2D eigenvalue weighted by Gasteiger charge is -2.13. The molecule has 0 fully saturated rings. The highest BCUT2D eigenvalue weighted by molar-refractivity contribution is 14.0. The fourth-order valence-corrected chi connectivity index (χ4v) is 2.60. The molecule has 9 heteroatoms. The van der Waals surface area contributed by atoms with Crippen LogP contribution in [0.4, 0.5) is 0 Å². The number of benzene rings is 1. The first kappa shape index (κ1) is 22.1. The van der Waals surface area contributed by atoms with Gasteiger partial charge in [-0.05, 0) is 12.5 Å². The van der Waals surface area contributed by atoms with E-state index in [1.807, 2.05) is 37.3 Å². The predicted octanol–water partition coefficient (Wildman–Crippen LogP) is 0.663. The van der Waals surface area contributed by atoms with Crippen molar-refractivity contribution in [3.63, 3.8) is 0 Å². The number of rotatable bonds is 9. The summed E-state index contributed by atoms with van der Waals surface area (Å²) >= 11 is 0. The molecule has 1 rings (SSSR count). The summed E-state index contributed by atoms with van der Waals surface area (Å²) < 4.78 is 31.2. The van der Waals surface area contributed by atoms with E-state index < -0.39 is 10.0 Å². The maximum Gasteiger partial charge on any atom is 0.213 e. The molecule has 132 valence electrons. The Morgan fingerprint density at radius 3 is 2.61 bits per heavy atom. The molecular weight excluding hydrogens is 431 g/mol. The molecule has 1 aromatic rings. The van der Waals surface area contributed by atoms with Gasteiger partial charge < -0.3 is 15.8 Å². The van der Waals surface area contributed by atoms with E-state index in [9.17, 15) is 8.42 Å². The lowest BCUT2D eigenvalue weighted by molar-refractivity contribution is 0.179. The van der Waals surface area contributed by atoms with Crippen molar-refractivity contribution in [3.05, 3.63) is 35.9 Å². The van der Waals surface area contributed by atoms with E-state index in [2.05, 4.69) is 15.0 Å². The number of methoxy groups -OCH3 is 1. The summed E-state index contributed by atoms with van der Waals surface area (Å²) in [7, 11) is -1.79. The molecule has 1 unspecified atom stereocenters. The number of hydrogen-bond acceptors (Lipinski definition) is 4. The average molecular weight is 456 g/mol. The minimum absolute atomic E-state index is 0. The monoisotopic (exact) mass is 456 g/mol. The van der Waals surface area contributed by atoms with Gasteiger partial charge in [-0.15, -0.1) is 24.0 Å². The van der Waals surface area contributed by atoms with E-state index in [1.165, 1.54) is 0 Å². The van der Waals surface area contributed by atoms with Crippen LogP contribution in [-0.4, -0.2) is 46.4 Å². The molecule has 7 nitrogen and oxygen atoms in total. The van der Waals surface area contributed by atoms with Gasteiger partial charge in [-0.2, -0.15) is 0 Å². The van der Waals surface area contributed by atoms with Crippen LogP contribution < -0.4 is 15.8 Å². The largest absolute Gasteiger partial charge is 0.383 e. The van der Waals surface area contributed by atoms with Crippen LogP contribution in [0.15, 0.2) is 35.3 Å². The highest BCUT2D eigenvalue weighted by Gasteiger charge is 2.09. The van der Waals surface area contributed by atoms with Crippen LogP contribution in [0.25, 0.3) is 0 Å². The van der Waals surface area contributed by atoms with Crippen molar-refractivity contribution in [2.24, 2.45) is 10.7 Å². The van der Waals surface area contributed by atoms with Gasteiger partial charge >= 0.3 is 0 Å². The van der Waals surface area contributed by atoms with Crippen molar-refractivity contribution in [1.82, 2.24) is 10.0 Å². The molecule has 0 heterocycles. The second kappa shape index (κ2) is 11.6. The molecule has 0 aliphatic carbocycles. The van der Waals surface area contributed by atoms with Crippen molar-refractivity contribution in [1.29, 1.82) is 0 Å².